The van der Waals surface area contributed by atoms with E-state index in [9.17, 15) is 9.18 Å². The van der Waals surface area contributed by atoms with E-state index in [1.165, 1.54) is 12.1 Å². The van der Waals surface area contributed by atoms with Crippen molar-refractivity contribution in [2.75, 3.05) is 6.54 Å². The Morgan fingerprint density at radius 1 is 1.36 bits per heavy atom. The first-order chi connectivity index (χ1) is 9.60. The summed E-state index contributed by atoms with van der Waals surface area (Å²) in [5, 5.41) is 3.23. The molecule has 126 valence electrons. The van der Waals surface area contributed by atoms with E-state index in [1.54, 1.807) is 13.0 Å². The maximum atomic E-state index is 13.1. The fourth-order valence-electron chi connectivity index (χ4n) is 2.27. The average Bonchev–Trinajstić information content (AvgIpc) is 2.35. The van der Waals surface area contributed by atoms with Crippen molar-refractivity contribution >= 4 is 29.9 Å². The van der Waals surface area contributed by atoms with Gasteiger partial charge >= 0.3 is 0 Å². The van der Waals surface area contributed by atoms with Crippen molar-refractivity contribution in [3.8, 4) is 0 Å². The predicted octanol–water partition coefficient (Wildman–Crippen LogP) is 3.81. The van der Waals surface area contributed by atoms with Crippen LogP contribution in [0.4, 0.5) is 4.39 Å². The van der Waals surface area contributed by atoms with Crippen LogP contribution in [0.5, 0.6) is 0 Å². The summed E-state index contributed by atoms with van der Waals surface area (Å²) in [6, 6.07) is 4.30. The van der Waals surface area contributed by atoms with Crippen LogP contribution in [0.15, 0.2) is 18.2 Å². The van der Waals surface area contributed by atoms with E-state index in [1.807, 2.05) is 20.8 Å². The van der Waals surface area contributed by atoms with Crippen LogP contribution in [-0.2, 0) is 10.2 Å². The first-order valence-corrected chi connectivity index (χ1v) is 7.50. The summed E-state index contributed by atoms with van der Waals surface area (Å²) in [5.74, 6) is -0.559. The quantitative estimate of drug-likeness (QED) is 0.819. The Bertz CT molecular complexity index is 519. The highest BCUT2D eigenvalue weighted by atomic mass is 35.5. The Morgan fingerprint density at radius 3 is 2.45 bits per heavy atom. The summed E-state index contributed by atoms with van der Waals surface area (Å²) in [4.78, 5) is 12.1. The molecule has 0 fully saturated rings. The smallest absolute Gasteiger partial charge is 0.239 e. The van der Waals surface area contributed by atoms with E-state index < -0.39 is 11.0 Å². The SMILES string of the molecule is CCCC(C)(N)C(=O)NCC(C)(C)c1ccc(F)cc1Cl.Cl. The zero-order chi connectivity index (χ0) is 16.3. The highest BCUT2D eigenvalue weighted by Crippen LogP contribution is 2.30. The Balaban J connectivity index is 0.00000441. The summed E-state index contributed by atoms with van der Waals surface area (Å²) in [5.41, 5.74) is 5.50. The molecule has 0 bridgehead atoms. The van der Waals surface area contributed by atoms with Crippen molar-refractivity contribution in [1.29, 1.82) is 0 Å². The van der Waals surface area contributed by atoms with Crippen LogP contribution in [-0.4, -0.2) is 18.0 Å². The first kappa shape index (κ1) is 21.2. The van der Waals surface area contributed by atoms with Crippen molar-refractivity contribution in [1.82, 2.24) is 5.32 Å². The second-order valence-electron chi connectivity index (χ2n) is 6.36. The van der Waals surface area contributed by atoms with Gasteiger partial charge < -0.3 is 11.1 Å². The second kappa shape index (κ2) is 8.14. The van der Waals surface area contributed by atoms with Gasteiger partial charge in [-0.1, -0.05) is 44.9 Å². The highest BCUT2D eigenvalue weighted by Gasteiger charge is 2.30. The lowest BCUT2D eigenvalue weighted by Crippen LogP contribution is -2.53. The number of nitrogens with one attached hydrogen (secondary N) is 1. The standard InChI is InChI=1S/C16H24ClFN2O.ClH/c1-5-8-16(4,19)14(21)20-10-15(2,3)12-7-6-11(18)9-13(12)17;/h6-7,9H,5,8,10,19H2,1-4H3,(H,20,21);1H. The minimum Gasteiger partial charge on any atom is -0.354 e. The zero-order valence-corrected chi connectivity index (χ0v) is 15.1. The molecule has 0 aliphatic carbocycles. The van der Waals surface area contributed by atoms with Gasteiger partial charge in [0.25, 0.3) is 0 Å². The average molecular weight is 351 g/mol. The van der Waals surface area contributed by atoms with Crippen LogP contribution in [0, 0.1) is 5.82 Å². The Hall–Kier alpha value is -0.840. The molecule has 0 spiro atoms. The number of hydrogen-bond donors (Lipinski definition) is 2. The monoisotopic (exact) mass is 350 g/mol. The van der Waals surface area contributed by atoms with Gasteiger partial charge in [0, 0.05) is 17.0 Å². The van der Waals surface area contributed by atoms with Crippen LogP contribution in [0.25, 0.3) is 0 Å². The minimum atomic E-state index is -0.878. The third-order valence-electron chi connectivity index (χ3n) is 3.64. The van der Waals surface area contributed by atoms with E-state index >= 15 is 0 Å². The molecule has 0 heterocycles. The number of hydrogen-bond acceptors (Lipinski definition) is 2. The van der Waals surface area contributed by atoms with Crippen molar-refractivity contribution in [3.05, 3.63) is 34.6 Å². The van der Waals surface area contributed by atoms with Gasteiger partial charge in [0.1, 0.15) is 5.82 Å². The molecule has 3 nitrogen and oxygen atoms in total. The molecule has 3 N–H and O–H groups in total. The Labute approximate surface area is 143 Å². The van der Waals surface area contributed by atoms with E-state index in [0.717, 1.165) is 12.0 Å². The largest absolute Gasteiger partial charge is 0.354 e. The molecule has 1 aromatic carbocycles. The molecule has 0 radical (unpaired) electrons. The minimum absolute atomic E-state index is 0. The number of nitrogens with two attached hydrogens (primary N) is 1. The first-order valence-electron chi connectivity index (χ1n) is 7.13. The number of rotatable bonds is 6. The van der Waals surface area contributed by atoms with Crippen molar-refractivity contribution in [3.63, 3.8) is 0 Å². The van der Waals surface area contributed by atoms with Gasteiger partial charge in [-0.15, -0.1) is 12.4 Å². The summed E-state index contributed by atoms with van der Waals surface area (Å²) < 4.78 is 13.1. The molecule has 0 saturated carbocycles. The van der Waals surface area contributed by atoms with E-state index in [-0.39, 0.29) is 24.1 Å². The predicted molar refractivity (Wildman–Crippen MR) is 92.2 cm³/mol. The van der Waals surface area contributed by atoms with E-state index in [2.05, 4.69) is 5.32 Å². The molecule has 1 unspecified atom stereocenters. The third-order valence-corrected chi connectivity index (χ3v) is 3.95. The normalized spacial score (nSPS) is 14.0. The molecular formula is C16H25Cl2FN2O. The number of benzene rings is 1. The molecule has 0 aliphatic heterocycles. The van der Waals surface area contributed by atoms with Gasteiger partial charge in [0.05, 0.1) is 5.54 Å². The lowest BCUT2D eigenvalue weighted by molar-refractivity contribution is -0.126. The molecule has 1 atom stereocenters. The molecule has 6 heteroatoms. The Kier molecular flexibility index (Phi) is 7.83. The van der Waals surface area contributed by atoms with Crippen molar-refractivity contribution < 1.29 is 9.18 Å². The maximum Gasteiger partial charge on any atom is 0.239 e. The van der Waals surface area contributed by atoms with Gasteiger partial charge in [0.15, 0.2) is 0 Å². The maximum absolute atomic E-state index is 13.1. The molecule has 22 heavy (non-hydrogen) atoms. The molecule has 1 amide bonds. The van der Waals surface area contributed by atoms with Crippen LogP contribution in [0.2, 0.25) is 5.02 Å². The van der Waals surface area contributed by atoms with E-state index in [0.29, 0.717) is 18.0 Å². The third kappa shape index (κ3) is 5.41. The zero-order valence-electron chi connectivity index (χ0n) is 13.5. The fraction of sp³-hybridized carbons (Fsp3) is 0.562. The van der Waals surface area contributed by atoms with Gasteiger partial charge in [0.2, 0.25) is 5.91 Å². The molecule has 0 aromatic heterocycles. The summed E-state index contributed by atoms with van der Waals surface area (Å²) in [6.45, 7) is 7.98. The lowest BCUT2D eigenvalue weighted by Gasteiger charge is -2.30. The second-order valence-corrected chi connectivity index (χ2v) is 6.77. The van der Waals surface area contributed by atoms with Crippen LogP contribution < -0.4 is 11.1 Å². The lowest BCUT2D eigenvalue weighted by atomic mass is 9.84. The van der Waals surface area contributed by atoms with Gasteiger partial charge in [-0.05, 0) is 31.0 Å². The number of carbonyl (C=O) groups excluding carboxylic acids is 1. The number of halogens is 3. The Morgan fingerprint density at radius 2 is 1.95 bits per heavy atom. The van der Waals surface area contributed by atoms with Crippen LogP contribution >= 0.6 is 24.0 Å². The van der Waals surface area contributed by atoms with Crippen LogP contribution in [0.1, 0.15) is 46.1 Å². The van der Waals surface area contributed by atoms with Gasteiger partial charge in [-0.3, -0.25) is 4.79 Å². The molecule has 1 rings (SSSR count). The van der Waals surface area contributed by atoms with Crippen LogP contribution in [0.3, 0.4) is 0 Å². The molecular weight excluding hydrogens is 326 g/mol. The summed E-state index contributed by atoms with van der Waals surface area (Å²) >= 11 is 6.09. The number of carbonyl (C=O) groups is 1. The fourth-order valence-corrected chi connectivity index (χ4v) is 2.69. The van der Waals surface area contributed by atoms with Gasteiger partial charge in [-0.25, -0.2) is 4.39 Å². The molecule has 0 saturated heterocycles. The molecule has 0 aliphatic rings. The van der Waals surface area contributed by atoms with Crippen molar-refractivity contribution in [2.24, 2.45) is 5.73 Å². The highest BCUT2D eigenvalue weighted by molar-refractivity contribution is 6.31. The summed E-state index contributed by atoms with van der Waals surface area (Å²) in [6.07, 6.45) is 1.46. The summed E-state index contributed by atoms with van der Waals surface area (Å²) in [7, 11) is 0. The number of amides is 1. The van der Waals surface area contributed by atoms with Gasteiger partial charge in [-0.2, -0.15) is 0 Å². The molecule has 1 aromatic rings. The van der Waals surface area contributed by atoms with E-state index in [4.69, 9.17) is 17.3 Å². The van der Waals surface area contributed by atoms with Crippen molar-refractivity contribution in [2.45, 2.75) is 51.5 Å². The topological polar surface area (TPSA) is 55.1 Å².